The maximum atomic E-state index is 11.7. The van der Waals surface area contributed by atoms with Crippen LogP contribution < -0.4 is 10.2 Å². The molecule has 3 nitrogen and oxygen atoms in total. The van der Waals surface area contributed by atoms with Gasteiger partial charge >= 0.3 is 0 Å². The van der Waals surface area contributed by atoms with Crippen LogP contribution in [0.2, 0.25) is 0 Å². The maximum absolute atomic E-state index is 11.7. The summed E-state index contributed by atoms with van der Waals surface area (Å²) in [6.07, 6.45) is 6.04. The van der Waals surface area contributed by atoms with Gasteiger partial charge in [-0.25, -0.2) is 0 Å². The Morgan fingerprint density at radius 3 is 2.95 bits per heavy atom. The lowest BCUT2D eigenvalue weighted by molar-refractivity contribution is -0.116. The van der Waals surface area contributed by atoms with Gasteiger partial charge in [0.15, 0.2) is 0 Å². The Balaban J connectivity index is 1.77. The molecule has 1 N–H and O–H groups in total. The van der Waals surface area contributed by atoms with Gasteiger partial charge in [0, 0.05) is 24.7 Å². The Hall–Kier alpha value is -1.35. The minimum atomic E-state index is 0.151. The summed E-state index contributed by atoms with van der Waals surface area (Å²) >= 11 is 0. The van der Waals surface area contributed by atoms with Gasteiger partial charge in [-0.2, -0.15) is 0 Å². The number of nitrogens with one attached hydrogen (secondary N) is 1. The van der Waals surface area contributed by atoms with Crippen molar-refractivity contribution in [1.82, 2.24) is 5.32 Å². The molecule has 1 fully saturated rings. The van der Waals surface area contributed by atoms with E-state index < -0.39 is 0 Å². The number of hydrogen-bond donors (Lipinski definition) is 1. The highest BCUT2D eigenvalue weighted by Gasteiger charge is 2.29. The Bertz CT molecular complexity index is 506. The summed E-state index contributed by atoms with van der Waals surface area (Å²) in [4.78, 5) is 13.7. The smallest absolute Gasteiger partial charge is 0.224 e. The fourth-order valence-corrected chi connectivity index (χ4v) is 3.67. The van der Waals surface area contributed by atoms with Gasteiger partial charge < -0.3 is 10.2 Å². The van der Waals surface area contributed by atoms with E-state index in [0.717, 1.165) is 25.1 Å². The Kier molecular flexibility index (Phi) is 3.79. The van der Waals surface area contributed by atoms with Gasteiger partial charge in [0.05, 0.1) is 0 Å². The van der Waals surface area contributed by atoms with Crippen molar-refractivity contribution in [3.05, 3.63) is 29.3 Å². The van der Waals surface area contributed by atoms with Crippen molar-refractivity contribution in [2.24, 2.45) is 0 Å². The second-order valence-corrected chi connectivity index (χ2v) is 6.26. The molecule has 0 aromatic heterocycles. The van der Waals surface area contributed by atoms with E-state index in [1.165, 1.54) is 30.4 Å². The fourth-order valence-electron chi connectivity index (χ4n) is 3.67. The summed E-state index contributed by atoms with van der Waals surface area (Å²) in [7, 11) is 0. The van der Waals surface area contributed by atoms with Crippen LogP contribution in [0.15, 0.2) is 18.2 Å². The molecular weight excluding hydrogens is 248 g/mol. The van der Waals surface area contributed by atoms with Crippen molar-refractivity contribution in [2.75, 3.05) is 11.4 Å². The van der Waals surface area contributed by atoms with Gasteiger partial charge in [-0.1, -0.05) is 18.6 Å². The largest absolute Gasteiger partial charge is 0.314 e. The molecule has 2 heterocycles. The van der Waals surface area contributed by atoms with Gasteiger partial charge in [-0.05, 0) is 56.3 Å². The molecule has 3 rings (SSSR count). The van der Waals surface area contributed by atoms with E-state index in [-0.39, 0.29) is 5.91 Å². The third kappa shape index (κ3) is 2.59. The zero-order chi connectivity index (χ0) is 14.1. The third-order valence-electron chi connectivity index (χ3n) is 4.59. The summed E-state index contributed by atoms with van der Waals surface area (Å²) < 4.78 is 0. The lowest BCUT2D eigenvalue weighted by atomic mass is 9.96. The van der Waals surface area contributed by atoms with Gasteiger partial charge in [0.2, 0.25) is 5.91 Å². The minimum absolute atomic E-state index is 0.151. The van der Waals surface area contributed by atoms with Crippen LogP contribution in [-0.4, -0.2) is 24.5 Å². The number of benzene rings is 1. The lowest BCUT2D eigenvalue weighted by Gasteiger charge is -2.24. The summed E-state index contributed by atoms with van der Waals surface area (Å²) in [6.45, 7) is 4.94. The highest BCUT2D eigenvalue weighted by molar-refractivity contribution is 5.94. The van der Waals surface area contributed by atoms with Gasteiger partial charge in [0.1, 0.15) is 0 Å². The molecule has 2 aliphatic rings. The standard InChI is InChI=1S/C17H24N2O/c1-12-9-15-10-14(11-16-5-3-4-8-18-16)6-7-17(15)19(12)13(2)20/h6-7,10,12,16,18H,3-5,8-9,11H2,1-2H3. The van der Waals surface area contributed by atoms with Crippen LogP contribution in [0.4, 0.5) is 5.69 Å². The topological polar surface area (TPSA) is 32.3 Å². The summed E-state index contributed by atoms with van der Waals surface area (Å²) in [6, 6.07) is 7.57. The first-order valence-corrected chi connectivity index (χ1v) is 7.80. The summed E-state index contributed by atoms with van der Waals surface area (Å²) in [5.41, 5.74) is 3.85. The van der Waals surface area contributed by atoms with Crippen LogP contribution in [0.3, 0.4) is 0 Å². The normalized spacial score (nSPS) is 25.6. The maximum Gasteiger partial charge on any atom is 0.224 e. The van der Waals surface area contributed by atoms with Crippen LogP contribution >= 0.6 is 0 Å². The van der Waals surface area contributed by atoms with Crippen LogP contribution in [0, 0.1) is 0 Å². The van der Waals surface area contributed by atoms with Gasteiger partial charge in [0.25, 0.3) is 0 Å². The first-order chi connectivity index (χ1) is 9.65. The molecule has 3 heteroatoms. The average Bonchev–Trinajstić information content (AvgIpc) is 2.75. The van der Waals surface area contributed by atoms with Crippen LogP contribution in [0.1, 0.15) is 44.2 Å². The molecule has 0 aliphatic carbocycles. The molecule has 1 saturated heterocycles. The molecule has 0 spiro atoms. The molecule has 0 bridgehead atoms. The number of carbonyl (C=O) groups is 1. The van der Waals surface area contributed by atoms with Crippen molar-refractivity contribution in [3.63, 3.8) is 0 Å². The second kappa shape index (κ2) is 5.57. The zero-order valence-corrected chi connectivity index (χ0v) is 12.5. The molecule has 1 aromatic rings. The Morgan fingerprint density at radius 1 is 1.40 bits per heavy atom. The third-order valence-corrected chi connectivity index (χ3v) is 4.59. The quantitative estimate of drug-likeness (QED) is 0.897. The van der Waals surface area contributed by atoms with Gasteiger partial charge in [-0.3, -0.25) is 4.79 Å². The number of fused-ring (bicyclic) bond motifs is 1. The number of rotatable bonds is 2. The molecule has 0 saturated carbocycles. The lowest BCUT2D eigenvalue weighted by Crippen LogP contribution is -2.35. The monoisotopic (exact) mass is 272 g/mol. The number of anilines is 1. The average molecular weight is 272 g/mol. The highest BCUT2D eigenvalue weighted by atomic mass is 16.2. The predicted octanol–water partition coefficient (Wildman–Crippen LogP) is 2.67. The minimum Gasteiger partial charge on any atom is -0.314 e. The number of amides is 1. The molecule has 1 amide bonds. The molecule has 2 unspecified atom stereocenters. The van der Waals surface area contributed by atoms with E-state index in [1.807, 2.05) is 4.90 Å². The number of nitrogens with zero attached hydrogens (tertiary/aromatic N) is 1. The zero-order valence-electron chi connectivity index (χ0n) is 12.5. The fraction of sp³-hybridized carbons (Fsp3) is 0.588. The molecule has 0 radical (unpaired) electrons. The number of carbonyl (C=O) groups excluding carboxylic acids is 1. The van der Waals surface area contributed by atoms with E-state index in [9.17, 15) is 4.79 Å². The van der Waals surface area contributed by atoms with Gasteiger partial charge in [-0.15, -0.1) is 0 Å². The Morgan fingerprint density at radius 2 is 2.25 bits per heavy atom. The van der Waals surface area contributed by atoms with Crippen molar-refractivity contribution < 1.29 is 4.79 Å². The van der Waals surface area contributed by atoms with E-state index >= 15 is 0 Å². The molecule has 1 aromatic carbocycles. The number of piperidine rings is 1. The second-order valence-electron chi connectivity index (χ2n) is 6.26. The van der Waals surface area contributed by atoms with Crippen molar-refractivity contribution in [1.29, 1.82) is 0 Å². The van der Waals surface area contributed by atoms with Crippen LogP contribution in [-0.2, 0) is 17.6 Å². The van der Waals surface area contributed by atoms with E-state index in [4.69, 9.17) is 0 Å². The Labute approximate surface area is 121 Å². The van der Waals surface area contributed by atoms with E-state index in [1.54, 1.807) is 6.92 Å². The first-order valence-electron chi connectivity index (χ1n) is 7.80. The summed E-state index contributed by atoms with van der Waals surface area (Å²) in [5.74, 6) is 0.151. The number of hydrogen-bond acceptors (Lipinski definition) is 2. The molecule has 108 valence electrons. The van der Waals surface area contributed by atoms with E-state index in [2.05, 4.69) is 30.4 Å². The molecular formula is C17H24N2O. The van der Waals surface area contributed by atoms with Crippen molar-refractivity contribution in [3.8, 4) is 0 Å². The molecule has 2 aliphatic heterocycles. The molecule has 2 atom stereocenters. The van der Waals surface area contributed by atoms with Crippen molar-refractivity contribution in [2.45, 2.75) is 58.0 Å². The van der Waals surface area contributed by atoms with Crippen LogP contribution in [0.5, 0.6) is 0 Å². The highest BCUT2D eigenvalue weighted by Crippen LogP contribution is 2.33. The van der Waals surface area contributed by atoms with E-state index in [0.29, 0.717) is 12.1 Å². The first kappa shape index (κ1) is 13.6. The molecule has 20 heavy (non-hydrogen) atoms. The van der Waals surface area contributed by atoms with Crippen LogP contribution in [0.25, 0.3) is 0 Å². The summed E-state index contributed by atoms with van der Waals surface area (Å²) in [5, 5.41) is 3.61. The predicted molar refractivity (Wildman–Crippen MR) is 82.1 cm³/mol. The van der Waals surface area contributed by atoms with Crippen molar-refractivity contribution >= 4 is 11.6 Å². The SMILES string of the molecule is CC(=O)N1c2ccc(CC3CCCCN3)cc2CC1C.